The Morgan fingerprint density at radius 1 is 0.386 bits per heavy atom. The molecule has 0 radical (unpaired) electrons. The van der Waals surface area contributed by atoms with Crippen molar-refractivity contribution in [2.75, 3.05) is 0 Å². The molecule has 0 saturated heterocycles. The normalized spacial score (nSPS) is 10.5. The van der Waals surface area contributed by atoms with Crippen LogP contribution in [0.1, 0.15) is 11.1 Å². The Labute approximate surface area is 250 Å². The van der Waals surface area contributed by atoms with Crippen LogP contribution in [0.4, 0.5) is 17.1 Å². The van der Waals surface area contributed by atoms with Crippen LogP contribution in [0.3, 0.4) is 0 Å². The highest BCUT2D eigenvalue weighted by molar-refractivity contribution is 5.46. The van der Waals surface area contributed by atoms with Gasteiger partial charge in [-0.15, -0.1) is 0 Å². The molecule has 0 saturated carbocycles. The first-order chi connectivity index (χ1) is 21.2. The molecule has 12 nitrogen and oxygen atoms in total. The van der Waals surface area contributed by atoms with E-state index < -0.39 is 14.8 Å². The van der Waals surface area contributed by atoms with Gasteiger partial charge in [0.15, 0.2) is 0 Å². The molecule has 5 aromatic rings. The second-order valence-corrected chi connectivity index (χ2v) is 9.52. The van der Waals surface area contributed by atoms with Crippen LogP contribution < -0.4 is 14.2 Å². The summed E-state index contributed by atoms with van der Waals surface area (Å²) in [4.78, 5) is 31.4. The van der Waals surface area contributed by atoms with E-state index in [4.69, 9.17) is 14.2 Å². The molecule has 0 aliphatic rings. The number of rotatable bonds is 12. The summed E-state index contributed by atoms with van der Waals surface area (Å²) < 4.78 is 17.7. The van der Waals surface area contributed by atoms with Crippen molar-refractivity contribution in [3.05, 3.63) is 157 Å². The second kappa shape index (κ2) is 13.1. The van der Waals surface area contributed by atoms with E-state index in [0.29, 0.717) is 47.3 Å². The Bertz CT molecular complexity index is 1710. The number of ether oxygens (including phenoxy) is 3. The lowest BCUT2D eigenvalue weighted by Crippen LogP contribution is -1.95. The van der Waals surface area contributed by atoms with Crippen LogP contribution >= 0.6 is 0 Å². The molecule has 12 heteroatoms. The van der Waals surface area contributed by atoms with Gasteiger partial charge in [-0.1, -0.05) is 12.1 Å². The average Bonchev–Trinajstić information content (AvgIpc) is 3.01. The quantitative estimate of drug-likeness (QED) is 0.102. The van der Waals surface area contributed by atoms with Crippen molar-refractivity contribution in [2.45, 2.75) is 12.8 Å². The molecular weight excluding hydrogens is 570 g/mol. The topological polar surface area (TPSA) is 157 Å². The summed E-state index contributed by atoms with van der Waals surface area (Å²) in [6.45, 7) is 0. The predicted octanol–water partition coefficient (Wildman–Crippen LogP) is 8.57. The Morgan fingerprint density at radius 3 is 1.02 bits per heavy atom. The zero-order valence-corrected chi connectivity index (χ0v) is 22.9. The van der Waals surface area contributed by atoms with Gasteiger partial charge in [-0.25, -0.2) is 0 Å². The minimum Gasteiger partial charge on any atom is -0.457 e. The molecule has 5 rings (SSSR count). The molecule has 0 amide bonds. The van der Waals surface area contributed by atoms with E-state index in [2.05, 4.69) is 0 Å². The molecule has 0 heterocycles. The summed E-state index contributed by atoms with van der Waals surface area (Å²) >= 11 is 0. The van der Waals surface area contributed by atoms with E-state index in [1.54, 1.807) is 6.07 Å². The van der Waals surface area contributed by atoms with Gasteiger partial charge < -0.3 is 14.2 Å². The van der Waals surface area contributed by atoms with Crippen LogP contribution in [0.25, 0.3) is 0 Å². The number of nitro benzene ring substituents is 3. The number of hydrogen-bond acceptors (Lipinski definition) is 9. The molecule has 0 spiro atoms. The standard InChI is InChI=1S/C32H23N3O9/c36-33(37)24-5-13-28(14-6-24)42-27-11-3-22(4-12-27)1-2-23-19-31(43-29-15-7-25(8-16-29)34(38)39)21-32(20-23)44-30-17-9-26(10-18-30)35(40)41/h3-21H,1-2H2. The van der Waals surface area contributed by atoms with E-state index in [9.17, 15) is 30.3 Å². The first-order valence-corrected chi connectivity index (χ1v) is 13.2. The molecular formula is C32H23N3O9. The summed E-state index contributed by atoms with van der Waals surface area (Å²) in [6.07, 6.45) is 1.27. The van der Waals surface area contributed by atoms with Gasteiger partial charge in [0, 0.05) is 42.5 Å². The van der Waals surface area contributed by atoms with Gasteiger partial charge in [-0.05, 0) is 84.6 Å². The van der Waals surface area contributed by atoms with Crippen molar-refractivity contribution in [1.82, 2.24) is 0 Å². The van der Waals surface area contributed by atoms with Crippen molar-refractivity contribution in [1.29, 1.82) is 0 Å². The molecule has 0 atom stereocenters. The summed E-state index contributed by atoms with van der Waals surface area (Å²) in [5, 5.41) is 32.8. The van der Waals surface area contributed by atoms with E-state index >= 15 is 0 Å². The smallest absolute Gasteiger partial charge is 0.269 e. The van der Waals surface area contributed by atoms with Gasteiger partial charge in [0.2, 0.25) is 0 Å². The number of hydrogen-bond donors (Lipinski definition) is 0. The molecule has 0 aliphatic carbocycles. The van der Waals surface area contributed by atoms with Crippen molar-refractivity contribution in [2.24, 2.45) is 0 Å². The molecule has 0 aromatic heterocycles. The largest absolute Gasteiger partial charge is 0.457 e. The SMILES string of the molecule is O=[N+]([O-])c1ccc(Oc2ccc(CCc3cc(Oc4ccc([N+](=O)[O-])cc4)cc(Oc4ccc([N+](=O)[O-])cc4)c3)cc2)cc1. The molecule has 0 N–H and O–H groups in total. The van der Waals surface area contributed by atoms with Gasteiger partial charge in [-0.2, -0.15) is 0 Å². The van der Waals surface area contributed by atoms with Crippen LogP contribution in [0.5, 0.6) is 34.5 Å². The first kappa shape index (κ1) is 29.2. The van der Waals surface area contributed by atoms with Gasteiger partial charge in [0.05, 0.1) is 14.8 Å². The summed E-state index contributed by atoms with van der Waals surface area (Å²) in [6, 6.07) is 30.1. The van der Waals surface area contributed by atoms with E-state index in [-0.39, 0.29) is 17.1 Å². The van der Waals surface area contributed by atoms with Gasteiger partial charge in [0.1, 0.15) is 34.5 Å². The fraction of sp³-hybridized carbons (Fsp3) is 0.0625. The molecule has 44 heavy (non-hydrogen) atoms. The Kier molecular flexibility index (Phi) is 8.71. The minimum atomic E-state index is -0.491. The maximum absolute atomic E-state index is 11.0. The van der Waals surface area contributed by atoms with Crippen LogP contribution in [-0.4, -0.2) is 14.8 Å². The number of aryl methyl sites for hydroxylation is 2. The number of non-ortho nitro benzene ring substituents is 3. The number of benzene rings is 5. The summed E-state index contributed by atoms with van der Waals surface area (Å²) in [5.74, 6) is 2.75. The van der Waals surface area contributed by atoms with Crippen molar-refractivity contribution in [3.8, 4) is 34.5 Å². The average molecular weight is 594 g/mol. The van der Waals surface area contributed by atoms with E-state index in [1.807, 2.05) is 36.4 Å². The highest BCUT2D eigenvalue weighted by Crippen LogP contribution is 2.32. The Hall–Kier alpha value is -6.30. The molecule has 0 fully saturated rings. The lowest BCUT2D eigenvalue weighted by atomic mass is 10.0. The van der Waals surface area contributed by atoms with Crippen LogP contribution in [0.15, 0.2) is 115 Å². The highest BCUT2D eigenvalue weighted by Gasteiger charge is 2.11. The maximum Gasteiger partial charge on any atom is 0.269 e. The molecule has 220 valence electrons. The highest BCUT2D eigenvalue weighted by atomic mass is 16.6. The zero-order chi connectivity index (χ0) is 31.1. The number of nitrogens with zero attached hydrogens (tertiary/aromatic N) is 3. The van der Waals surface area contributed by atoms with Crippen LogP contribution in [-0.2, 0) is 12.8 Å². The van der Waals surface area contributed by atoms with Crippen LogP contribution in [0.2, 0.25) is 0 Å². The molecule has 0 bridgehead atoms. The van der Waals surface area contributed by atoms with Crippen molar-refractivity contribution >= 4 is 17.1 Å². The summed E-state index contributed by atoms with van der Waals surface area (Å²) in [7, 11) is 0. The Morgan fingerprint density at radius 2 is 0.682 bits per heavy atom. The van der Waals surface area contributed by atoms with E-state index in [0.717, 1.165) is 11.1 Å². The molecule has 5 aromatic carbocycles. The molecule has 0 unspecified atom stereocenters. The monoisotopic (exact) mass is 593 g/mol. The summed E-state index contributed by atoms with van der Waals surface area (Å²) in [5.41, 5.74) is 1.78. The lowest BCUT2D eigenvalue weighted by molar-refractivity contribution is -0.385. The van der Waals surface area contributed by atoms with Crippen LogP contribution in [0, 0.1) is 30.3 Å². The predicted molar refractivity (Wildman–Crippen MR) is 160 cm³/mol. The third-order valence-corrected chi connectivity index (χ3v) is 6.42. The third-order valence-electron chi connectivity index (χ3n) is 6.42. The van der Waals surface area contributed by atoms with Gasteiger partial charge in [0.25, 0.3) is 17.1 Å². The van der Waals surface area contributed by atoms with Gasteiger partial charge >= 0.3 is 0 Å². The second-order valence-electron chi connectivity index (χ2n) is 9.52. The van der Waals surface area contributed by atoms with Gasteiger partial charge in [-0.3, -0.25) is 30.3 Å². The fourth-order valence-electron chi connectivity index (χ4n) is 4.22. The first-order valence-electron chi connectivity index (χ1n) is 13.2. The van der Waals surface area contributed by atoms with Crippen molar-refractivity contribution in [3.63, 3.8) is 0 Å². The van der Waals surface area contributed by atoms with E-state index in [1.165, 1.54) is 72.8 Å². The lowest BCUT2D eigenvalue weighted by Gasteiger charge is -2.13. The molecule has 0 aliphatic heterocycles. The zero-order valence-electron chi connectivity index (χ0n) is 22.9. The fourth-order valence-corrected chi connectivity index (χ4v) is 4.22. The third kappa shape index (κ3) is 7.70. The van der Waals surface area contributed by atoms with Crippen molar-refractivity contribution < 1.29 is 29.0 Å². The Balaban J connectivity index is 1.30. The maximum atomic E-state index is 11.0. The number of nitro groups is 3. The minimum absolute atomic E-state index is 0.0174.